The van der Waals surface area contributed by atoms with Crippen LogP contribution >= 0.6 is 11.3 Å². The van der Waals surface area contributed by atoms with Crippen LogP contribution in [0.15, 0.2) is 68.0 Å². The molecule has 0 unspecified atom stereocenters. The molecule has 8 heteroatoms. The Morgan fingerprint density at radius 1 is 0.885 bits per heavy atom. The molecule has 0 aliphatic rings. The molecule has 0 atom stereocenters. The molecule has 6 nitrogen and oxygen atoms in total. The summed E-state index contributed by atoms with van der Waals surface area (Å²) >= 11 is 0.843. The van der Waals surface area contributed by atoms with Crippen LogP contribution in [0, 0.1) is 19.0 Å². The van der Waals surface area contributed by atoms with Gasteiger partial charge in [-0.05, 0) is 68.1 Å². The van der Waals surface area contributed by atoms with Gasteiger partial charge in [0.25, 0.3) is 0 Å². The minimum Gasteiger partial charge on any atom is -0.265 e. The van der Waals surface area contributed by atoms with Crippen LogP contribution in [0.1, 0.15) is 11.1 Å². The van der Waals surface area contributed by atoms with Crippen molar-refractivity contribution in [2.45, 2.75) is 13.8 Å². The molecular formula is C18H15FN6S. The predicted octanol–water partition coefficient (Wildman–Crippen LogP) is 7.06. The summed E-state index contributed by atoms with van der Waals surface area (Å²) in [6.07, 6.45) is 1.12. The van der Waals surface area contributed by atoms with E-state index in [1.165, 1.54) is 0 Å². The first-order chi connectivity index (χ1) is 12.5. The van der Waals surface area contributed by atoms with E-state index in [1.54, 1.807) is 12.1 Å². The third-order valence-electron chi connectivity index (χ3n) is 3.53. The molecule has 0 N–H and O–H groups in total. The van der Waals surface area contributed by atoms with Gasteiger partial charge in [0.1, 0.15) is 0 Å². The van der Waals surface area contributed by atoms with Crippen LogP contribution in [-0.4, -0.2) is 11.7 Å². The molecule has 3 aromatic rings. The quantitative estimate of drug-likeness (QED) is 0.352. The molecule has 0 spiro atoms. The Morgan fingerprint density at radius 3 is 2.08 bits per heavy atom. The molecule has 0 saturated heterocycles. The summed E-state index contributed by atoms with van der Waals surface area (Å²) in [5.74, 6) is 0. The average Bonchev–Trinajstić information content (AvgIpc) is 3.05. The van der Waals surface area contributed by atoms with E-state index in [-0.39, 0.29) is 5.13 Å². The summed E-state index contributed by atoms with van der Waals surface area (Å²) in [5.41, 5.74) is 4.78. The third-order valence-corrected chi connectivity index (χ3v) is 4.20. The van der Waals surface area contributed by atoms with E-state index in [9.17, 15) is 4.39 Å². The van der Waals surface area contributed by atoms with Crippen LogP contribution in [0.5, 0.6) is 0 Å². The van der Waals surface area contributed by atoms with Gasteiger partial charge in [-0.3, -0.25) is 4.99 Å². The van der Waals surface area contributed by atoms with Crippen molar-refractivity contribution in [3.8, 4) is 0 Å². The van der Waals surface area contributed by atoms with Crippen molar-refractivity contribution in [2.75, 3.05) is 0 Å². The lowest BCUT2D eigenvalue weighted by Gasteiger charge is -2.02. The van der Waals surface area contributed by atoms with Gasteiger partial charge in [-0.2, -0.15) is 14.6 Å². The lowest BCUT2D eigenvalue weighted by atomic mass is 10.2. The highest BCUT2D eigenvalue weighted by atomic mass is 32.1. The van der Waals surface area contributed by atoms with Crippen molar-refractivity contribution in [2.24, 2.45) is 25.4 Å². The predicted molar refractivity (Wildman–Crippen MR) is 102 cm³/mol. The smallest absolute Gasteiger partial charge is 0.232 e. The Morgan fingerprint density at radius 2 is 1.50 bits per heavy atom. The highest BCUT2D eigenvalue weighted by molar-refractivity contribution is 7.13. The monoisotopic (exact) mass is 366 g/mol. The van der Waals surface area contributed by atoms with Crippen molar-refractivity contribution in [1.82, 2.24) is 4.98 Å². The fourth-order valence-corrected chi connectivity index (χ4v) is 2.63. The second-order valence-electron chi connectivity index (χ2n) is 5.45. The van der Waals surface area contributed by atoms with Gasteiger partial charge >= 0.3 is 0 Å². The second kappa shape index (κ2) is 7.83. The largest absolute Gasteiger partial charge is 0.265 e. The molecule has 0 saturated carbocycles. The first-order valence-corrected chi connectivity index (χ1v) is 8.49. The number of rotatable bonds is 5. The summed E-state index contributed by atoms with van der Waals surface area (Å²) in [6.45, 7) is 7.34. The molecule has 1 heterocycles. The first-order valence-electron chi connectivity index (χ1n) is 7.68. The average molecular weight is 366 g/mol. The zero-order valence-electron chi connectivity index (χ0n) is 14.2. The van der Waals surface area contributed by atoms with E-state index in [0.717, 1.165) is 40.0 Å². The van der Waals surface area contributed by atoms with Crippen LogP contribution in [-0.2, 0) is 0 Å². The fraction of sp³-hybridized carbons (Fsp3) is 0.111. The SMILES string of the molecule is C=Nc1ccc(N=Nc2ccc(N=Nc3ncc(F)s3)c(C)c2)c(C)c1. The highest BCUT2D eigenvalue weighted by Gasteiger charge is 2.02. The number of nitrogens with zero attached hydrogens (tertiary/aromatic N) is 6. The Labute approximate surface area is 153 Å². The molecule has 0 aliphatic heterocycles. The minimum atomic E-state index is -0.390. The number of thiazole rings is 1. The Kier molecular flexibility index (Phi) is 5.33. The summed E-state index contributed by atoms with van der Waals surface area (Å²) in [4.78, 5) is 7.69. The van der Waals surface area contributed by atoms with Crippen LogP contribution in [0.25, 0.3) is 0 Å². The summed E-state index contributed by atoms with van der Waals surface area (Å²) < 4.78 is 12.9. The maximum absolute atomic E-state index is 12.9. The minimum absolute atomic E-state index is 0.276. The molecule has 0 amide bonds. The van der Waals surface area contributed by atoms with E-state index in [1.807, 2.05) is 38.1 Å². The zero-order chi connectivity index (χ0) is 18.5. The standard InChI is InChI=1S/C18H15FN6S/c1-11-8-13(20-3)4-6-15(11)23-22-14-5-7-16(12(2)9-14)24-25-18-21-10-17(19)26-18/h4-10H,3H2,1-2H3. The van der Waals surface area contributed by atoms with Crippen molar-refractivity contribution < 1.29 is 4.39 Å². The topological polar surface area (TPSA) is 74.7 Å². The van der Waals surface area contributed by atoms with E-state index in [0.29, 0.717) is 11.4 Å². The molecule has 2 aromatic carbocycles. The number of hydrogen-bond acceptors (Lipinski definition) is 7. The van der Waals surface area contributed by atoms with E-state index < -0.39 is 5.13 Å². The van der Waals surface area contributed by atoms with Crippen LogP contribution in [0.2, 0.25) is 0 Å². The number of benzene rings is 2. The van der Waals surface area contributed by atoms with Crippen LogP contribution in [0.3, 0.4) is 0 Å². The normalized spacial score (nSPS) is 11.5. The van der Waals surface area contributed by atoms with Gasteiger partial charge in [0.15, 0.2) is 5.13 Å². The number of aliphatic imine (C=N–C) groups is 1. The molecule has 0 bridgehead atoms. The molecule has 3 rings (SSSR count). The molecule has 26 heavy (non-hydrogen) atoms. The van der Waals surface area contributed by atoms with Gasteiger partial charge in [0, 0.05) is 0 Å². The lowest BCUT2D eigenvalue weighted by Crippen LogP contribution is -1.75. The lowest BCUT2D eigenvalue weighted by molar-refractivity contribution is 0.653. The zero-order valence-corrected chi connectivity index (χ0v) is 15.0. The molecular weight excluding hydrogens is 351 g/mol. The highest BCUT2D eigenvalue weighted by Crippen LogP contribution is 2.29. The molecule has 0 fully saturated rings. The first kappa shape index (κ1) is 17.7. The molecule has 130 valence electrons. The van der Waals surface area contributed by atoms with Crippen molar-refractivity contribution >= 4 is 45.9 Å². The van der Waals surface area contributed by atoms with Gasteiger partial charge in [-0.25, -0.2) is 4.98 Å². The second-order valence-corrected chi connectivity index (χ2v) is 6.41. The summed E-state index contributed by atoms with van der Waals surface area (Å²) in [5, 5.41) is 16.5. The van der Waals surface area contributed by atoms with E-state index in [4.69, 9.17) is 0 Å². The molecule has 1 aromatic heterocycles. The van der Waals surface area contributed by atoms with Crippen molar-refractivity contribution in [1.29, 1.82) is 0 Å². The Balaban J connectivity index is 1.77. The number of aromatic nitrogens is 1. The van der Waals surface area contributed by atoms with Crippen LogP contribution < -0.4 is 0 Å². The van der Waals surface area contributed by atoms with Gasteiger partial charge in [-0.15, -0.1) is 10.2 Å². The van der Waals surface area contributed by atoms with E-state index >= 15 is 0 Å². The number of aryl methyl sites for hydroxylation is 2. The van der Waals surface area contributed by atoms with Gasteiger partial charge in [-0.1, -0.05) is 11.3 Å². The summed E-state index contributed by atoms with van der Waals surface area (Å²) in [6, 6.07) is 11.0. The van der Waals surface area contributed by atoms with Crippen molar-refractivity contribution in [3.05, 3.63) is 58.9 Å². The third kappa shape index (κ3) is 4.28. The Bertz CT molecular complexity index is 1010. The number of azo groups is 2. The Hall–Kier alpha value is -3.13. The van der Waals surface area contributed by atoms with E-state index in [2.05, 4.69) is 37.2 Å². The fourth-order valence-electron chi connectivity index (χ4n) is 2.16. The van der Waals surface area contributed by atoms with Crippen molar-refractivity contribution in [3.63, 3.8) is 0 Å². The molecule has 0 radical (unpaired) electrons. The number of hydrogen-bond donors (Lipinski definition) is 0. The molecule has 0 aliphatic carbocycles. The van der Waals surface area contributed by atoms with Gasteiger partial charge in [0.2, 0.25) is 5.13 Å². The van der Waals surface area contributed by atoms with Crippen LogP contribution in [0.4, 0.5) is 32.3 Å². The summed E-state index contributed by atoms with van der Waals surface area (Å²) in [7, 11) is 0. The maximum Gasteiger partial charge on any atom is 0.232 e. The van der Waals surface area contributed by atoms with Gasteiger partial charge in [0.05, 0.1) is 28.9 Å². The number of halogens is 1. The maximum atomic E-state index is 12.9. The van der Waals surface area contributed by atoms with Gasteiger partial charge < -0.3 is 0 Å².